The Morgan fingerprint density at radius 1 is 0.875 bits per heavy atom. The van der Waals surface area contributed by atoms with E-state index in [1.165, 1.54) is 55.8 Å². The first kappa shape index (κ1) is 15.9. The smallest absolute Gasteiger partial charge is 0.125 e. The molecule has 0 aromatic carbocycles. The first-order valence-corrected chi connectivity index (χ1v) is 8.91. The van der Waals surface area contributed by atoms with Crippen molar-refractivity contribution in [2.45, 2.75) is 59.3 Å². The molecule has 0 atom stereocenters. The molecule has 0 bridgehead atoms. The molecule has 0 saturated carbocycles. The summed E-state index contributed by atoms with van der Waals surface area (Å²) in [5.74, 6) is 3.58. The molecule has 0 aromatic rings. The van der Waals surface area contributed by atoms with Crippen LogP contribution < -0.4 is 0 Å². The van der Waals surface area contributed by atoms with Crippen molar-refractivity contribution in [3.63, 3.8) is 0 Å². The Labute approximate surface area is 104 Å². The molecule has 0 aromatic heterocycles. The third-order valence-corrected chi connectivity index (χ3v) is 7.38. The first-order chi connectivity index (χ1) is 7.63. The summed E-state index contributed by atoms with van der Waals surface area (Å²) in [5, 5.41) is 10.5. The van der Waals surface area contributed by atoms with E-state index >= 15 is 0 Å². The SMILES string of the molecule is C=C(O)S(CCCC)(CCCC)CCCC. The van der Waals surface area contributed by atoms with Crippen LogP contribution in [-0.2, 0) is 0 Å². The molecule has 98 valence electrons. The number of hydrogen-bond donors (Lipinski definition) is 1. The lowest BCUT2D eigenvalue weighted by Crippen LogP contribution is -2.16. The van der Waals surface area contributed by atoms with E-state index in [-0.39, 0.29) is 0 Å². The molecule has 0 amide bonds. The van der Waals surface area contributed by atoms with Gasteiger partial charge in [0.2, 0.25) is 0 Å². The van der Waals surface area contributed by atoms with Gasteiger partial charge in [0.05, 0.1) is 0 Å². The molecular weight excluding hydrogens is 216 g/mol. The van der Waals surface area contributed by atoms with Gasteiger partial charge in [0, 0.05) is 0 Å². The van der Waals surface area contributed by atoms with Gasteiger partial charge in [-0.1, -0.05) is 46.6 Å². The van der Waals surface area contributed by atoms with Crippen LogP contribution in [0.3, 0.4) is 0 Å². The molecule has 2 heteroatoms. The lowest BCUT2D eigenvalue weighted by Gasteiger charge is -2.39. The second-order valence-electron chi connectivity index (χ2n) is 4.61. The van der Waals surface area contributed by atoms with E-state index < -0.39 is 10.0 Å². The number of unbranched alkanes of at least 4 members (excludes halogenated alkanes) is 3. The zero-order valence-corrected chi connectivity index (χ0v) is 12.2. The molecule has 1 N–H and O–H groups in total. The predicted molar refractivity (Wildman–Crippen MR) is 78.7 cm³/mol. The maximum atomic E-state index is 9.99. The number of rotatable bonds is 10. The Kier molecular flexibility index (Phi) is 8.91. The van der Waals surface area contributed by atoms with Crippen molar-refractivity contribution >= 4 is 10.0 Å². The van der Waals surface area contributed by atoms with Crippen molar-refractivity contribution in [1.82, 2.24) is 0 Å². The van der Waals surface area contributed by atoms with Crippen LogP contribution in [0.15, 0.2) is 11.7 Å². The van der Waals surface area contributed by atoms with Crippen LogP contribution in [0.4, 0.5) is 0 Å². The quantitative estimate of drug-likeness (QED) is 0.524. The van der Waals surface area contributed by atoms with Gasteiger partial charge in [-0.15, -0.1) is 0 Å². The summed E-state index contributed by atoms with van der Waals surface area (Å²) in [6, 6.07) is 0. The van der Waals surface area contributed by atoms with E-state index in [2.05, 4.69) is 27.4 Å². The van der Waals surface area contributed by atoms with E-state index in [4.69, 9.17) is 0 Å². The largest absolute Gasteiger partial charge is 0.504 e. The van der Waals surface area contributed by atoms with Gasteiger partial charge < -0.3 is 5.11 Å². The highest BCUT2D eigenvalue weighted by Gasteiger charge is 2.25. The Balaban J connectivity index is 4.52. The molecule has 1 nitrogen and oxygen atoms in total. The van der Waals surface area contributed by atoms with Gasteiger partial charge >= 0.3 is 0 Å². The average Bonchev–Trinajstić information content (AvgIpc) is 2.28. The summed E-state index contributed by atoms with van der Waals surface area (Å²) in [5.41, 5.74) is 0. The summed E-state index contributed by atoms with van der Waals surface area (Å²) < 4.78 is 0. The number of aliphatic hydroxyl groups is 1. The van der Waals surface area contributed by atoms with E-state index in [1.54, 1.807) is 0 Å². The molecule has 0 spiro atoms. The lowest BCUT2D eigenvalue weighted by molar-refractivity contribution is 0.454. The minimum atomic E-state index is -0.938. The van der Waals surface area contributed by atoms with Gasteiger partial charge in [-0.2, -0.15) is 10.0 Å². The normalized spacial score (nSPS) is 12.7. The van der Waals surface area contributed by atoms with Gasteiger partial charge in [0.15, 0.2) is 0 Å². The zero-order chi connectivity index (χ0) is 12.4. The molecule has 0 unspecified atom stereocenters. The highest BCUT2D eigenvalue weighted by atomic mass is 32.3. The van der Waals surface area contributed by atoms with Gasteiger partial charge in [0.25, 0.3) is 0 Å². The fourth-order valence-corrected chi connectivity index (χ4v) is 5.76. The molecule has 16 heavy (non-hydrogen) atoms. The fourth-order valence-electron chi connectivity index (χ4n) is 1.92. The van der Waals surface area contributed by atoms with E-state index in [0.29, 0.717) is 5.09 Å². The molecule has 0 saturated heterocycles. The molecule has 0 fully saturated rings. The molecule has 0 rings (SSSR count). The third kappa shape index (κ3) is 5.29. The van der Waals surface area contributed by atoms with Crippen LogP contribution in [0.1, 0.15) is 59.3 Å². The van der Waals surface area contributed by atoms with E-state index in [1.807, 2.05) is 0 Å². The minimum Gasteiger partial charge on any atom is -0.504 e. The summed E-state index contributed by atoms with van der Waals surface area (Å²) >= 11 is 0. The van der Waals surface area contributed by atoms with Gasteiger partial charge in [-0.25, -0.2) is 0 Å². The molecular formula is C14H30OS. The molecule has 0 heterocycles. The van der Waals surface area contributed by atoms with Gasteiger partial charge in [-0.3, -0.25) is 0 Å². The highest BCUT2D eigenvalue weighted by Crippen LogP contribution is 2.55. The first-order valence-electron chi connectivity index (χ1n) is 6.77. The maximum Gasteiger partial charge on any atom is 0.125 e. The topological polar surface area (TPSA) is 20.2 Å². The molecule has 0 aliphatic rings. The Bertz CT molecular complexity index is 167. The standard InChI is InChI=1S/C14H30OS/c1-5-8-11-16(14(4)15,12-9-6-2)13-10-7-3/h15H,4-13H2,1-3H3. The minimum absolute atomic E-state index is 0.517. The summed E-state index contributed by atoms with van der Waals surface area (Å²) in [6.45, 7) is 10.6. The highest BCUT2D eigenvalue weighted by molar-refractivity contribution is 8.36. The van der Waals surface area contributed by atoms with Crippen LogP contribution in [0, 0.1) is 0 Å². The zero-order valence-electron chi connectivity index (χ0n) is 11.4. The van der Waals surface area contributed by atoms with Crippen molar-refractivity contribution in [2.24, 2.45) is 0 Å². The van der Waals surface area contributed by atoms with E-state index in [0.717, 1.165) is 0 Å². The monoisotopic (exact) mass is 246 g/mol. The Hall–Kier alpha value is -0.110. The van der Waals surface area contributed by atoms with Crippen LogP contribution in [-0.4, -0.2) is 22.4 Å². The lowest BCUT2D eigenvalue weighted by atomic mass is 10.4. The van der Waals surface area contributed by atoms with E-state index in [9.17, 15) is 5.11 Å². The number of hydrogen-bond acceptors (Lipinski definition) is 1. The predicted octanol–water partition coefficient (Wildman–Crippen LogP) is 5.22. The van der Waals surface area contributed by atoms with Gasteiger partial charge in [0.1, 0.15) is 5.09 Å². The van der Waals surface area contributed by atoms with Crippen molar-refractivity contribution in [1.29, 1.82) is 0 Å². The summed E-state index contributed by atoms with van der Waals surface area (Å²) in [4.78, 5) is 0. The molecule has 0 radical (unpaired) electrons. The second-order valence-corrected chi connectivity index (χ2v) is 8.40. The van der Waals surface area contributed by atoms with Crippen LogP contribution in [0.5, 0.6) is 0 Å². The van der Waals surface area contributed by atoms with Crippen LogP contribution in [0.25, 0.3) is 0 Å². The maximum absolute atomic E-state index is 9.99. The van der Waals surface area contributed by atoms with Crippen LogP contribution >= 0.6 is 10.0 Å². The van der Waals surface area contributed by atoms with Crippen molar-refractivity contribution in [3.05, 3.63) is 11.7 Å². The van der Waals surface area contributed by atoms with Gasteiger partial charge in [-0.05, 0) is 36.5 Å². The Morgan fingerprint density at radius 3 is 1.38 bits per heavy atom. The second kappa shape index (κ2) is 8.98. The molecule has 0 aliphatic carbocycles. The molecule has 0 aliphatic heterocycles. The summed E-state index contributed by atoms with van der Waals surface area (Å²) in [7, 11) is -0.938. The third-order valence-electron chi connectivity index (χ3n) is 3.17. The fraction of sp³-hybridized carbons (Fsp3) is 0.857. The Morgan fingerprint density at radius 2 is 1.19 bits per heavy atom. The van der Waals surface area contributed by atoms with Crippen LogP contribution in [0.2, 0.25) is 0 Å². The number of aliphatic hydroxyl groups excluding tert-OH is 1. The average molecular weight is 246 g/mol. The summed E-state index contributed by atoms with van der Waals surface area (Å²) in [6.07, 6.45) is 7.38. The van der Waals surface area contributed by atoms with Crippen molar-refractivity contribution < 1.29 is 5.11 Å². The van der Waals surface area contributed by atoms with Crippen molar-refractivity contribution in [3.8, 4) is 0 Å². The van der Waals surface area contributed by atoms with Crippen molar-refractivity contribution in [2.75, 3.05) is 17.3 Å².